The first-order valence-electron chi connectivity index (χ1n) is 6.42. The number of amides is 2. The number of carbonyl (C=O) groups is 1. The molecule has 0 aliphatic carbocycles. The zero-order chi connectivity index (χ0) is 12.3. The summed E-state index contributed by atoms with van der Waals surface area (Å²) in [6.45, 7) is 5.00. The highest BCUT2D eigenvalue weighted by Crippen LogP contribution is 2.27. The maximum Gasteiger partial charge on any atom is 0.322 e. The van der Waals surface area contributed by atoms with Crippen molar-refractivity contribution in [3.63, 3.8) is 0 Å². The highest BCUT2D eigenvalue weighted by molar-refractivity contribution is 5.94. The van der Waals surface area contributed by atoms with Crippen LogP contribution in [0.2, 0.25) is 0 Å². The van der Waals surface area contributed by atoms with Gasteiger partial charge in [0.25, 0.3) is 0 Å². The van der Waals surface area contributed by atoms with Crippen molar-refractivity contribution in [2.24, 2.45) is 0 Å². The number of benzene rings is 1. The Balaban J connectivity index is 2.07. The number of fused-ring (bicyclic) bond motifs is 1. The third-order valence-electron chi connectivity index (χ3n) is 3.45. The van der Waals surface area contributed by atoms with Gasteiger partial charge in [0, 0.05) is 18.3 Å². The summed E-state index contributed by atoms with van der Waals surface area (Å²) in [6, 6.07) is 8.47. The summed E-state index contributed by atoms with van der Waals surface area (Å²) in [6.07, 6.45) is 2.93. The van der Waals surface area contributed by atoms with Gasteiger partial charge in [-0.25, -0.2) is 4.79 Å². The maximum absolute atomic E-state index is 12.2. The van der Waals surface area contributed by atoms with Crippen LogP contribution in [-0.4, -0.2) is 18.6 Å². The number of hydrogen-bond acceptors (Lipinski definition) is 1. The van der Waals surface area contributed by atoms with Gasteiger partial charge in [0.1, 0.15) is 0 Å². The Hall–Kier alpha value is -1.51. The van der Waals surface area contributed by atoms with E-state index < -0.39 is 0 Å². The van der Waals surface area contributed by atoms with Crippen molar-refractivity contribution in [2.75, 3.05) is 11.4 Å². The molecule has 0 unspecified atom stereocenters. The lowest BCUT2D eigenvalue weighted by Gasteiger charge is -2.22. The van der Waals surface area contributed by atoms with Gasteiger partial charge < -0.3 is 5.32 Å². The van der Waals surface area contributed by atoms with Crippen LogP contribution in [0.3, 0.4) is 0 Å². The molecule has 2 rings (SSSR count). The van der Waals surface area contributed by atoms with E-state index in [-0.39, 0.29) is 12.1 Å². The Bertz CT molecular complexity index is 399. The second kappa shape index (κ2) is 5.21. The maximum atomic E-state index is 12.2. The number of para-hydroxylation sites is 1. The molecule has 2 amide bonds. The molecular weight excluding hydrogens is 212 g/mol. The lowest BCUT2D eigenvalue weighted by atomic mass is 10.2. The van der Waals surface area contributed by atoms with Gasteiger partial charge in [-0.2, -0.15) is 0 Å². The van der Waals surface area contributed by atoms with Crippen LogP contribution in [0.5, 0.6) is 0 Å². The van der Waals surface area contributed by atoms with Gasteiger partial charge in [-0.1, -0.05) is 32.0 Å². The van der Waals surface area contributed by atoms with Gasteiger partial charge in [-0.3, -0.25) is 4.90 Å². The number of urea groups is 1. The van der Waals surface area contributed by atoms with Crippen molar-refractivity contribution in [3.05, 3.63) is 29.8 Å². The van der Waals surface area contributed by atoms with Crippen molar-refractivity contribution in [1.29, 1.82) is 0 Å². The Morgan fingerprint density at radius 3 is 2.76 bits per heavy atom. The highest BCUT2D eigenvalue weighted by atomic mass is 16.2. The molecule has 1 aromatic rings. The molecule has 0 aromatic heterocycles. The number of hydrogen-bond donors (Lipinski definition) is 1. The summed E-state index contributed by atoms with van der Waals surface area (Å²) in [5, 5.41) is 3.09. The quantitative estimate of drug-likeness (QED) is 0.853. The van der Waals surface area contributed by atoms with E-state index in [4.69, 9.17) is 0 Å². The molecule has 0 saturated carbocycles. The minimum Gasteiger partial charge on any atom is -0.335 e. The summed E-state index contributed by atoms with van der Waals surface area (Å²) >= 11 is 0. The number of nitrogens with one attached hydrogen (secondary N) is 1. The summed E-state index contributed by atoms with van der Waals surface area (Å²) in [4.78, 5) is 14.0. The Kier molecular flexibility index (Phi) is 3.67. The fraction of sp³-hybridized carbons (Fsp3) is 0.500. The molecule has 1 heterocycles. The lowest BCUT2D eigenvalue weighted by Crippen LogP contribution is -2.43. The average Bonchev–Trinajstić information content (AvgIpc) is 2.79. The van der Waals surface area contributed by atoms with E-state index >= 15 is 0 Å². The van der Waals surface area contributed by atoms with Crippen molar-refractivity contribution >= 4 is 11.7 Å². The molecule has 0 fully saturated rings. The monoisotopic (exact) mass is 232 g/mol. The van der Waals surface area contributed by atoms with Gasteiger partial charge in [0.05, 0.1) is 0 Å². The Morgan fingerprint density at radius 2 is 2.06 bits per heavy atom. The number of anilines is 1. The van der Waals surface area contributed by atoms with Crippen LogP contribution in [0, 0.1) is 0 Å². The van der Waals surface area contributed by atoms with Crippen LogP contribution in [0.1, 0.15) is 32.3 Å². The highest BCUT2D eigenvalue weighted by Gasteiger charge is 2.24. The molecule has 92 valence electrons. The normalized spacial score (nSPS) is 13.9. The molecule has 3 nitrogen and oxygen atoms in total. The summed E-state index contributed by atoms with van der Waals surface area (Å²) < 4.78 is 0. The second-order valence-electron chi connectivity index (χ2n) is 4.49. The summed E-state index contributed by atoms with van der Waals surface area (Å²) in [5.41, 5.74) is 2.34. The summed E-state index contributed by atoms with van der Waals surface area (Å²) in [7, 11) is 0. The molecule has 3 heteroatoms. The molecule has 1 aliphatic rings. The van der Waals surface area contributed by atoms with Crippen molar-refractivity contribution in [1.82, 2.24) is 5.32 Å². The molecule has 0 bridgehead atoms. The topological polar surface area (TPSA) is 32.3 Å². The first-order valence-corrected chi connectivity index (χ1v) is 6.42. The van der Waals surface area contributed by atoms with Crippen LogP contribution < -0.4 is 10.2 Å². The standard InChI is InChI=1S/C14H20N2O/c1-3-12(4-2)15-14(17)16-10-9-11-7-5-6-8-13(11)16/h5-8,12H,3-4,9-10H2,1-2H3,(H,15,17). The molecule has 0 radical (unpaired) electrons. The van der Waals surface area contributed by atoms with Crippen LogP contribution >= 0.6 is 0 Å². The molecule has 17 heavy (non-hydrogen) atoms. The third-order valence-corrected chi connectivity index (χ3v) is 3.45. The Morgan fingerprint density at radius 1 is 1.35 bits per heavy atom. The molecule has 0 atom stereocenters. The third kappa shape index (κ3) is 2.43. The molecule has 0 saturated heterocycles. The van der Waals surface area contributed by atoms with Crippen LogP contribution in [0.15, 0.2) is 24.3 Å². The van der Waals surface area contributed by atoms with E-state index in [1.165, 1.54) is 5.56 Å². The fourth-order valence-corrected chi connectivity index (χ4v) is 2.29. The predicted molar refractivity (Wildman–Crippen MR) is 70.4 cm³/mol. The van der Waals surface area contributed by atoms with E-state index in [0.29, 0.717) is 0 Å². The van der Waals surface area contributed by atoms with Crippen LogP contribution in [0.25, 0.3) is 0 Å². The number of rotatable bonds is 3. The minimum absolute atomic E-state index is 0.0450. The minimum atomic E-state index is 0.0450. The summed E-state index contributed by atoms with van der Waals surface area (Å²) in [5.74, 6) is 0. The SMILES string of the molecule is CCC(CC)NC(=O)N1CCc2ccccc21. The van der Waals surface area contributed by atoms with Gasteiger partial charge >= 0.3 is 6.03 Å². The van der Waals surface area contributed by atoms with Gasteiger partial charge in [0.15, 0.2) is 0 Å². The zero-order valence-electron chi connectivity index (χ0n) is 10.6. The van der Waals surface area contributed by atoms with E-state index in [0.717, 1.165) is 31.5 Å². The van der Waals surface area contributed by atoms with E-state index in [1.54, 1.807) is 0 Å². The number of nitrogens with zero attached hydrogens (tertiary/aromatic N) is 1. The Labute approximate surface area is 103 Å². The van der Waals surface area contributed by atoms with E-state index in [2.05, 4.69) is 25.2 Å². The van der Waals surface area contributed by atoms with E-state index in [9.17, 15) is 4.79 Å². The van der Waals surface area contributed by atoms with Crippen LogP contribution in [-0.2, 0) is 6.42 Å². The molecule has 1 N–H and O–H groups in total. The van der Waals surface area contributed by atoms with Crippen LogP contribution in [0.4, 0.5) is 10.5 Å². The second-order valence-corrected chi connectivity index (χ2v) is 4.49. The van der Waals surface area contributed by atoms with Gasteiger partial charge in [-0.05, 0) is 30.9 Å². The smallest absolute Gasteiger partial charge is 0.322 e. The lowest BCUT2D eigenvalue weighted by molar-refractivity contribution is 0.242. The first kappa shape index (κ1) is 12.0. The van der Waals surface area contributed by atoms with Crippen molar-refractivity contribution in [2.45, 2.75) is 39.2 Å². The zero-order valence-corrected chi connectivity index (χ0v) is 10.6. The molecule has 0 spiro atoms. The molecular formula is C14H20N2O. The van der Waals surface area contributed by atoms with Crippen molar-refractivity contribution < 1.29 is 4.79 Å². The predicted octanol–water partition coefficient (Wildman–Crippen LogP) is 2.95. The van der Waals surface area contributed by atoms with Gasteiger partial charge in [-0.15, -0.1) is 0 Å². The average molecular weight is 232 g/mol. The van der Waals surface area contributed by atoms with E-state index in [1.807, 2.05) is 23.1 Å². The van der Waals surface area contributed by atoms with Gasteiger partial charge in [0.2, 0.25) is 0 Å². The van der Waals surface area contributed by atoms with Crippen molar-refractivity contribution in [3.8, 4) is 0 Å². The largest absolute Gasteiger partial charge is 0.335 e. The number of carbonyl (C=O) groups excluding carboxylic acids is 1. The molecule has 1 aromatic carbocycles. The first-order chi connectivity index (χ1) is 8.26. The molecule has 1 aliphatic heterocycles. The fourth-order valence-electron chi connectivity index (χ4n) is 2.29.